The van der Waals surface area contributed by atoms with Gasteiger partial charge in [0.15, 0.2) is 24.7 Å². The normalized spacial score (nSPS) is 10.0. The summed E-state index contributed by atoms with van der Waals surface area (Å²) in [5.41, 5.74) is 1.38. The van der Waals surface area contributed by atoms with E-state index in [9.17, 15) is 9.59 Å². The van der Waals surface area contributed by atoms with Crippen LogP contribution in [0.1, 0.15) is 5.56 Å². The van der Waals surface area contributed by atoms with E-state index in [2.05, 4.69) is 11.9 Å². The third-order valence-corrected chi connectivity index (χ3v) is 3.99. The molecule has 154 valence electrons. The first kappa shape index (κ1) is 22.1. The number of esters is 1. The number of carbonyl (C=O) groups excluding carboxylic acids is 2. The van der Waals surface area contributed by atoms with Crippen molar-refractivity contribution in [3.05, 3.63) is 59.6 Å². The van der Waals surface area contributed by atoms with Crippen molar-refractivity contribution in [3.63, 3.8) is 0 Å². The molecule has 0 radical (unpaired) electrons. The molecule has 0 atom stereocenters. The van der Waals surface area contributed by atoms with Crippen molar-refractivity contribution in [1.82, 2.24) is 0 Å². The number of allylic oxidation sites excluding steroid dienone is 1. The van der Waals surface area contributed by atoms with Gasteiger partial charge in [0.1, 0.15) is 5.75 Å². The Morgan fingerprint density at radius 3 is 2.45 bits per heavy atom. The van der Waals surface area contributed by atoms with Crippen molar-refractivity contribution < 1.29 is 28.5 Å². The maximum atomic E-state index is 12.0. The second-order valence-electron chi connectivity index (χ2n) is 5.82. The Bertz CT molecular complexity index is 883. The molecule has 0 spiro atoms. The Hall–Kier alpha value is -3.19. The van der Waals surface area contributed by atoms with Gasteiger partial charge in [0.2, 0.25) is 0 Å². The molecule has 0 aromatic heterocycles. The number of halogens is 1. The van der Waals surface area contributed by atoms with Crippen LogP contribution in [0.4, 0.5) is 5.69 Å². The van der Waals surface area contributed by atoms with Crippen LogP contribution in [-0.4, -0.2) is 39.3 Å². The number of anilines is 1. The molecular weight excluding hydrogens is 398 g/mol. The van der Waals surface area contributed by atoms with E-state index in [-0.39, 0.29) is 6.61 Å². The fraction of sp³-hybridized carbons (Fsp3) is 0.238. The van der Waals surface area contributed by atoms with Gasteiger partial charge in [-0.1, -0.05) is 23.7 Å². The van der Waals surface area contributed by atoms with Crippen LogP contribution in [0.2, 0.25) is 5.02 Å². The molecule has 1 N–H and O–H groups in total. The number of benzene rings is 2. The molecular formula is C21H22ClNO6. The molecule has 0 unspecified atom stereocenters. The maximum Gasteiger partial charge on any atom is 0.344 e. The monoisotopic (exact) mass is 419 g/mol. The van der Waals surface area contributed by atoms with Crippen LogP contribution < -0.4 is 19.5 Å². The largest absolute Gasteiger partial charge is 0.495 e. The van der Waals surface area contributed by atoms with Gasteiger partial charge in [-0.2, -0.15) is 0 Å². The molecule has 0 saturated heterocycles. The quantitative estimate of drug-likeness (QED) is 0.467. The van der Waals surface area contributed by atoms with Crippen LogP contribution in [0, 0.1) is 0 Å². The van der Waals surface area contributed by atoms with Gasteiger partial charge in [-0.15, -0.1) is 6.58 Å². The van der Waals surface area contributed by atoms with Crippen molar-refractivity contribution in [2.75, 3.05) is 32.8 Å². The average Bonchev–Trinajstić information content (AvgIpc) is 2.71. The second-order valence-corrected chi connectivity index (χ2v) is 6.26. The van der Waals surface area contributed by atoms with E-state index >= 15 is 0 Å². The average molecular weight is 420 g/mol. The molecule has 0 aliphatic rings. The standard InChI is InChI=1S/C21H22ClNO6/c1-4-5-14-6-8-18(19(10-14)27-3)28-13-21(25)29-12-20(24)23-16-11-15(22)7-9-17(16)26-2/h4,6-11H,1,5,12-13H2,2-3H3,(H,23,24). The van der Waals surface area contributed by atoms with E-state index in [1.165, 1.54) is 20.3 Å². The van der Waals surface area contributed by atoms with E-state index in [1.54, 1.807) is 30.3 Å². The minimum absolute atomic E-state index is 0.370. The summed E-state index contributed by atoms with van der Waals surface area (Å²) in [4.78, 5) is 23.9. The van der Waals surface area contributed by atoms with Gasteiger partial charge < -0.3 is 24.3 Å². The molecule has 0 fully saturated rings. The van der Waals surface area contributed by atoms with Crippen molar-refractivity contribution in [2.24, 2.45) is 0 Å². The molecule has 2 aromatic carbocycles. The SMILES string of the molecule is C=CCc1ccc(OCC(=O)OCC(=O)Nc2cc(Cl)ccc2OC)c(OC)c1. The number of nitrogens with one attached hydrogen (secondary N) is 1. The molecule has 2 rings (SSSR count). The Kier molecular flexibility index (Phi) is 8.36. The van der Waals surface area contributed by atoms with Crippen LogP contribution >= 0.6 is 11.6 Å². The fourth-order valence-corrected chi connectivity index (χ4v) is 2.59. The first-order valence-electron chi connectivity index (χ1n) is 8.66. The van der Waals surface area contributed by atoms with Gasteiger partial charge in [-0.25, -0.2) is 4.79 Å². The smallest absolute Gasteiger partial charge is 0.344 e. The molecule has 8 heteroatoms. The van der Waals surface area contributed by atoms with Gasteiger partial charge in [-0.3, -0.25) is 4.79 Å². The van der Waals surface area contributed by atoms with Crippen molar-refractivity contribution in [1.29, 1.82) is 0 Å². The fourth-order valence-electron chi connectivity index (χ4n) is 2.41. The first-order valence-corrected chi connectivity index (χ1v) is 9.04. The van der Waals surface area contributed by atoms with E-state index in [4.69, 9.17) is 30.5 Å². The van der Waals surface area contributed by atoms with Gasteiger partial charge in [-0.05, 0) is 42.3 Å². The summed E-state index contributed by atoms with van der Waals surface area (Å²) in [6, 6.07) is 10.1. The second kappa shape index (κ2) is 11.0. The van der Waals surface area contributed by atoms with Crippen LogP contribution in [0.25, 0.3) is 0 Å². The number of rotatable bonds is 10. The highest BCUT2D eigenvalue weighted by atomic mass is 35.5. The number of hydrogen-bond acceptors (Lipinski definition) is 6. The zero-order chi connectivity index (χ0) is 21.2. The summed E-state index contributed by atoms with van der Waals surface area (Å²) < 4.78 is 20.8. The van der Waals surface area contributed by atoms with Gasteiger partial charge in [0.05, 0.1) is 19.9 Å². The predicted octanol–water partition coefficient (Wildman–Crippen LogP) is 3.65. The van der Waals surface area contributed by atoms with E-state index in [1.807, 2.05) is 6.07 Å². The lowest BCUT2D eigenvalue weighted by molar-refractivity contribution is -0.149. The van der Waals surface area contributed by atoms with Crippen LogP contribution in [0.3, 0.4) is 0 Å². The minimum Gasteiger partial charge on any atom is -0.495 e. The minimum atomic E-state index is -0.699. The van der Waals surface area contributed by atoms with Crippen LogP contribution in [0.5, 0.6) is 17.2 Å². The molecule has 1 amide bonds. The van der Waals surface area contributed by atoms with Gasteiger partial charge in [0.25, 0.3) is 5.91 Å². The molecule has 0 heterocycles. The van der Waals surface area contributed by atoms with Crippen LogP contribution in [0.15, 0.2) is 49.1 Å². The third-order valence-electron chi connectivity index (χ3n) is 3.75. The summed E-state index contributed by atoms with van der Waals surface area (Å²) in [5, 5.41) is 3.00. The van der Waals surface area contributed by atoms with Crippen molar-refractivity contribution in [3.8, 4) is 17.2 Å². The van der Waals surface area contributed by atoms with E-state index in [0.717, 1.165) is 5.56 Å². The zero-order valence-corrected chi connectivity index (χ0v) is 17.0. The number of amides is 1. The topological polar surface area (TPSA) is 83.1 Å². The highest BCUT2D eigenvalue weighted by Crippen LogP contribution is 2.29. The first-order chi connectivity index (χ1) is 14.0. The Balaban J connectivity index is 1.85. The van der Waals surface area contributed by atoms with Crippen LogP contribution in [-0.2, 0) is 20.7 Å². The summed E-state index contributed by atoms with van der Waals surface area (Å²) in [6.45, 7) is 2.84. The molecule has 0 aliphatic heterocycles. The Morgan fingerprint density at radius 1 is 1.03 bits per heavy atom. The van der Waals surface area contributed by atoms with E-state index in [0.29, 0.717) is 34.4 Å². The number of carbonyl (C=O) groups is 2. The Morgan fingerprint density at radius 2 is 1.76 bits per heavy atom. The highest BCUT2D eigenvalue weighted by Gasteiger charge is 2.13. The van der Waals surface area contributed by atoms with Gasteiger partial charge >= 0.3 is 5.97 Å². The molecule has 2 aromatic rings. The molecule has 0 saturated carbocycles. The maximum absolute atomic E-state index is 12.0. The van der Waals surface area contributed by atoms with Crippen molar-refractivity contribution in [2.45, 2.75) is 6.42 Å². The number of methoxy groups -OCH3 is 2. The third kappa shape index (κ3) is 6.73. The molecule has 7 nitrogen and oxygen atoms in total. The van der Waals surface area contributed by atoms with Gasteiger partial charge in [0, 0.05) is 5.02 Å². The number of hydrogen-bond donors (Lipinski definition) is 1. The lowest BCUT2D eigenvalue weighted by atomic mass is 10.1. The number of ether oxygens (including phenoxy) is 4. The molecule has 0 aliphatic carbocycles. The Labute approximate surface area is 174 Å². The predicted molar refractivity (Wildman–Crippen MR) is 110 cm³/mol. The lowest BCUT2D eigenvalue weighted by Crippen LogP contribution is -2.24. The summed E-state index contributed by atoms with van der Waals surface area (Å²) in [7, 11) is 2.97. The summed E-state index contributed by atoms with van der Waals surface area (Å²) in [6.07, 6.45) is 2.46. The lowest BCUT2D eigenvalue weighted by Gasteiger charge is -2.12. The van der Waals surface area contributed by atoms with Crippen molar-refractivity contribution >= 4 is 29.2 Å². The summed E-state index contributed by atoms with van der Waals surface area (Å²) in [5.74, 6) is 0.0819. The molecule has 29 heavy (non-hydrogen) atoms. The zero-order valence-electron chi connectivity index (χ0n) is 16.2. The molecule has 0 bridgehead atoms. The summed E-state index contributed by atoms with van der Waals surface area (Å²) >= 11 is 5.91. The highest BCUT2D eigenvalue weighted by molar-refractivity contribution is 6.31. The van der Waals surface area contributed by atoms with E-state index < -0.39 is 18.5 Å².